The summed E-state index contributed by atoms with van der Waals surface area (Å²) in [5.74, 6) is 0. The van der Waals surface area contributed by atoms with Crippen LogP contribution in [0, 0.1) is 0 Å². The summed E-state index contributed by atoms with van der Waals surface area (Å²) < 4.78 is 0. The summed E-state index contributed by atoms with van der Waals surface area (Å²) in [6.07, 6.45) is 2.16. The predicted molar refractivity (Wildman–Crippen MR) is 96.3 cm³/mol. The molecule has 0 unspecified atom stereocenters. The van der Waals surface area contributed by atoms with Crippen molar-refractivity contribution < 1.29 is 0 Å². The minimum atomic E-state index is 0.739. The van der Waals surface area contributed by atoms with Gasteiger partial charge in [-0.15, -0.1) is 0 Å². The molecule has 0 aliphatic heterocycles. The SMILES string of the molecule is Clc1ccc(/C=C(/c2ccccc2)c2ccc(Cl)cc2)cc1. The summed E-state index contributed by atoms with van der Waals surface area (Å²) in [5, 5.41) is 1.48. The summed E-state index contributed by atoms with van der Waals surface area (Å²) in [6, 6.07) is 26.1. The van der Waals surface area contributed by atoms with Crippen molar-refractivity contribution in [3.05, 3.63) is 106 Å². The van der Waals surface area contributed by atoms with Crippen LogP contribution >= 0.6 is 23.2 Å². The van der Waals surface area contributed by atoms with Gasteiger partial charge in [-0.25, -0.2) is 0 Å². The molecule has 0 bridgehead atoms. The Hall–Kier alpha value is -2.02. The lowest BCUT2D eigenvalue weighted by Crippen LogP contribution is -1.88. The molecule has 0 fully saturated rings. The van der Waals surface area contributed by atoms with Gasteiger partial charge in [0, 0.05) is 10.0 Å². The third-order valence-corrected chi connectivity index (χ3v) is 3.92. The van der Waals surface area contributed by atoms with Crippen LogP contribution in [0.2, 0.25) is 10.0 Å². The van der Waals surface area contributed by atoms with E-state index < -0.39 is 0 Å². The van der Waals surface area contributed by atoms with Crippen LogP contribution in [-0.2, 0) is 0 Å². The highest BCUT2D eigenvalue weighted by Crippen LogP contribution is 2.27. The second kappa shape index (κ2) is 6.83. The zero-order valence-corrected chi connectivity index (χ0v) is 13.4. The van der Waals surface area contributed by atoms with Gasteiger partial charge in [-0.3, -0.25) is 0 Å². The molecule has 3 rings (SSSR count). The van der Waals surface area contributed by atoms with Crippen LogP contribution in [0.5, 0.6) is 0 Å². The first kappa shape index (κ1) is 14.9. The molecule has 3 aromatic rings. The lowest BCUT2D eigenvalue weighted by molar-refractivity contribution is 1.55. The maximum absolute atomic E-state index is 6.01. The molecule has 0 spiro atoms. The van der Waals surface area contributed by atoms with Gasteiger partial charge in [-0.05, 0) is 52.6 Å². The minimum absolute atomic E-state index is 0.739. The van der Waals surface area contributed by atoms with E-state index in [2.05, 4.69) is 18.2 Å². The quantitative estimate of drug-likeness (QED) is 0.477. The van der Waals surface area contributed by atoms with Crippen LogP contribution < -0.4 is 0 Å². The van der Waals surface area contributed by atoms with E-state index in [-0.39, 0.29) is 0 Å². The Morgan fingerprint density at radius 1 is 0.591 bits per heavy atom. The second-order valence-electron chi connectivity index (χ2n) is 4.98. The van der Waals surface area contributed by atoms with E-state index in [1.54, 1.807) is 0 Å². The Kier molecular flexibility index (Phi) is 4.62. The van der Waals surface area contributed by atoms with Crippen molar-refractivity contribution in [1.82, 2.24) is 0 Å². The van der Waals surface area contributed by atoms with Crippen molar-refractivity contribution in [2.75, 3.05) is 0 Å². The monoisotopic (exact) mass is 324 g/mol. The molecule has 0 atom stereocenters. The van der Waals surface area contributed by atoms with Crippen LogP contribution in [0.3, 0.4) is 0 Å². The van der Waals surface area contributed by atoms with Crippen molar-refractivity contribution in [3.63, 3.8) is 0 Å². The fourth-order valence-corrected chi connectivity index (χ4v) is 2.56. The number of hydrogen-bond acceptors (Lipinski definition) is 0. The van der Waals surface area contributed by atoms with Gasteiger partial charge < -0.3 is 0 Å². The Morgan fingerprint density at radius 2 is 1.09 bits per heavy atom. The Balaban J connectivity index is 2.10. The molecule has 0 amide bonds. The molecule has 0 nitrogen and oxygen atoms in total. The number of halogens is 2. The maximum atomic E-state index is 6.01. The molecule has 0 N–H and O–H groups in total. The zero-order valence-electron chi connectivity index (χ0n) is 11.8. The minimum Gasteiger partial charge on any atom is -0.0843 e. The smallest absolute Gasteiger partial charge is 0.0406 e. The molecule has 0 saturated carbocycles. The summed E-state index contributed by atoms with van der Waals surface area (Å²) in [4.78, 5) is 0. The highest BCUT2D eigenvalue weighted by molar-refractivity contribution is 6.30. The lowest BCUT2D eigenvalue weighted by Gasteiger charge is -2.09. The Bertz CT molecular complexity index is 770. The first-order valence-corrected chi connectivity index (χ1v) is 7.76. The van der Waals surface area contributed by atoms with Crippen LogP contribution in [0.15, 0.2) is 78.9 Å². The maximum Gasteiger partial charge on any atom is 0.0406 e. The van der Waals surface area contributed by atoms with Crippen LogP contribution in [0.4, 0.5) is 0 Å². The molecule has 0 aliphatic rings. The normalized spacial score (nSPS) is 11.5. The average molecular weight is 325 g/mol. The summed E-state index contributed by atoms with van der Waals surface area (Å²) in [7, 11) is 0. The zero-order chi connectivity index (χ0) is 15.4. The van der Waals surface area contributed by atoms with E-state index in [1.807, 2.05) is 66.7 Å². The fourth-order valence-electron chi connectivity index (χ4n) is 2.31. The van der Waals surface area contributed by atoms with Gasteiger partial charge in [-0.1, -0.05) is 77.8 Å². The van der Waals surface area contributed by atoms with E-state index in [0.717, 1.165) is 26.7 Å². The van der Waals surface area contributed by atoms with Gasteiger partial charge in [0.05, 0.1) is 0 Å². The molecule has 3 aromatic carbocycles. The van der Waals surface area contributed by atoms with Gasteiger partial charge in [0.2, 0.25) is 0 Å². The van der Waals surface area contributed by atoms with E-state index in [0.29, 0.717) is 0 Å². The largest absolute Gasteiger partial charge is 0.0843 e. The van der Waals surface area contributed by atoms with Gasteiger partial charge in [0.15, 0.2) is 0 Å². The van der Waals surface area contributed by atoms with Crippen molar-refractivity contribution in [3.8, 4) is 0 Å². The molecule has 0 aliphatic carbocycles. The summed E-state index contributed by atoms with van der Waals surface area (Å²) >= 11 is 12.0. The van der Waals surface area contributed by atoms with Gasteiger partial charge in [0.25, 0.3) is 0 Å². The molecular formula is C20H14Cl2. The predicted octanol–water partition coefficient (Wildman–Crippen LogP) is 6.58. The molecule has 0 aromatic heterocycles. The van der Waals surface area contributed by atoms with Crippen LogP contribution in [-0.4, -0.2) is 0 Å². The van der Waals surface area contributed by atoms with Crippen molar-refractivity contribution in [2.45, 2.75) is 0 Å². The third kappa shape index (κ3) is 3.59. The first-order valence-electron chi connectivity index (χ1n) is 7.01. The lowest BCUT2D eigenvalue weighted by atomic mass is 9.96. The van der Waals surface area contributed by atoms with Crippen molar-refractivity contribution in [1.29, 1.82) is 0 Å². The number of hydrogen-bond donors (Lipinski definition) is 0. The number of rotatable bonds is 3. The Labute approximate surface area is 140 Å². The van der Waals surface area contributed by atoms with Gasteiger partial charge in [0.1, 0.15) is 0 Å². The Morgan fingerprint density at radius 3 is 1.68 bits per heavy atom. The second-order valence-corrected chi connectivity index (χ2v) is 5.86. The average Bonchev–Trinajstić information content (AvgIpc) is 2.56. The fraction of sp³-hybridized carbons (Fsp3) is 0. The van der Waals surface area contributed by atoms with Crippen LogP contribution in [0.1, 0.15) is 16.7 Å². The number of benzene rings is 3. The van der Waals surface area contributed by atoms with Gasteiger partial charge >= 0.3 is 0 Å². The van der Waals surface area contributed by atoms with Crippen molar-refractivity contribution >= 4 is 34.9 Å². The van der Waals surface area contributed by atoms with E-state index in [9.17, 15) is 0 Å². The summed E-state index contributed by atoms with van der Waals surface area (Å²) in [6.45, 7) is 0. The van der Waals surface area contributed by atoms with Crippen molar-refractivity contribution in [2.24, 2.45) is 0 Å². The topological polar surface area (TPSA) is 0 Å². The third-order valence-electron chi connectivity index (χ3n) is 3.42. The standard InChI is InChI=1S/C20H14Cl2/c21-18-10-6-15(7-11-18)14-20(16-4-2-1-3-5-16)17-8-12-19(22)13-9-17/h1-14H/b20-14-. The van der Waals surface area contributed by atoms with Gasteiger partial charge in [-0.2, -0.15) is 0 Å². The molecule has 108 valence electrons. The molecular weight excluding hydrogens is 311 g/mol. The highest BCUT2D eigenvalue weighted by atomic mass is 35.5. The highest BCUT2D eigenvalue weighted by Gasteiger charge is 2.05. The van der Waals surface area contributed by atoms with Crippen LogP contribution in [0.25, 0.3) is 11.6 Å². The molecule has 0 radical (unpaired) electrons. The van der Waals surface area contributed by atoms with E-state index in [1.165, 1.54) is 5.56 Å². The molecule has 2 heteroatoms. The first-order chi connectivity index (χ1) is 10.7. The van der Waals surface area contributed by atoms with E-state index in [4.69, 9.17) is 23.2 Å². The molecule has 0 saturated heterocycles. The van der Waals surface area contributed by atoms with E-state index >= 15 is 0 Å². The molecule has 0 heterocycles. The molecule has 22 heavy (non-hydrogen) atoms. The summed E-state index contributed by atoms with van der Waals surface area (Å²) in [5.41, 5.74) is 4.56.